The van der Waals surface area contributed by atoms with Gasteiger partial charge in [-0.25, -0.2) is 9.48 Å². The van der Waals surface area contributed by atoms with Gasteiger partial charge in [0.2, 0.25) is 5.91 Å². The maximum Gasteiger partial charge on any atom is 0.322 e. The molecule has 4 rings (SSSR count). The Bertz CT molecular complexity index is 1450. The van der Waals surface area contributed by atoms with Gasteiger partial charge in [0.25, 0.3) is 0 Å². The minimum absolute atomic E-state index is 0.197. The minimum Gasteiger partial charge on any atom is -0.313 e. The Balaban J connectivity index is 1.66. The lowest BCUT2D eigenvalue weighted by atomic mass is 10.1. The molecule has 196 valence electrons. The number of anilines is 2. The Morgan fingerprint density at radius 2 is 1.53 bits per heavy atom. The highest BCUT2D eigenvalue weighted by atomic mass is 35.5. The Morgan fingerprint density at radius 3 is 2.16 bits per heavy atom. The molecule has 0 aliphatic rings. The van der Waals surface area contributed by atoms with Crippen molar-refractivity contribution >= 4 is 46.6 Å². The largest absolute Gasteiger partial charge is 0.322 e. The van der Waals surface area contributed by atoms with E-state index in [1.165, 1.54) is 4.90 Å². The van der Waals surface area contributed by atoms with Gasteiger partial charge in [-0.05, 0) is 57.0 Å². The second-order valence-corrected chi connectivity index (χ2v) is 9.98. The molecule has 1 aromatic heterocycles. The zero-order valence-corrected chi connectivity index (χ0v) is 23.1. The average Bonchev–Trinajstić information content (AvgIpc) is 3.20. The number of nitrogens with zero attached hydrogens (tertiary/aromatic N) is 3. The third-order valence-electron chi connectivity index (χ3n) is 6.12. The highest BCUT2D eigenvalue weighted by Gasteiger charge is 2.25. The third kappa shape index (κ3) is 5.85. The monoisotopic (exact) mass is 549 g/mol. The highest BCUT2D eigenvalue weighted by molar-refractivity contribution is 6.39. The summed E-state index contributed by atoms with van der Waals surface area (Å²) in [6.45, 7) is 7.37. The van der Waals surface area contributed by atoms with E-state index in [9.17, 15) is 9.59 Å². The summed E-state index contributed by atoms with van der Waals surface area (Å²) in [5.74, 6) is 0.164. The molecule has 0 spiro atoms. The first-order valence-corrected chi connectivity index (χ1v) is 13.0. The quantitative estimate of drug-likeness (QED) is 0.253. The van der Waals surface area contributed by atoms with Crippen molar-refractivity contribution in [1.82, 2.24) is 14.7 Å². The van der Waals surface area contributed by atoms with Crippen molar-refractivity contribution in [3.63, 3.8) is 0 Å². The van der Waals surface area contributed by atoms with E-state index < -0.39 is 6.03 Å². The predicted molar refractivity (Wildman–Crippen MR) is 154 cm³/mol. The molecule has 0 aliphatic heterocycles. The van der Waals surface area contributed by atoms with Crippen molar-refractivity contribution in [2.75, 3.05) is 17.2 Å². The lowest BCUT2D eigenvalue weighted by Gasteiger charge is -2.27. The van der Waals surface area contributed by atoms with E-state index in [2.05, 4.69) is 10.6 Å². The molecule has 3 amide bonds. The molecule has 38 heavy (non-hydrogen) atoms. The smallest absolute Gasteiger partial charge is 0.313 e. The van der Waals surface area contributed by atoms with E-state index in [0.717, 1.165) is 28.1 Å². The molecule has 0 saturated carbocycles. The van der Waals surface area contributed by atoms with Crippen LogP contribution in [0.1, 0.15) is 25.1 Å². The van der Waals surface area contributed by atoms with Gasteiger partial charge in [0.05, 0.1) is 27.1 Å². The first-order valence-electron chi connectivity index (χ1n) is 12.2. The van der Waals surface area contributed by atoms with Crippen molar-refractivity contribution in [3.05, 3.63) is 94.1 Å². The Kier molecular flexibility index (Phi) is 8.39. The number of amides is 3. The lowest BCUT2D eigenvalue weighted by molar-refractivity contribution is -0.117. The van der Waals surface area contributed by atoms with E-state index in [1.54, 1.807) is 22.9 Å². The Morgan fingerprint density at radius 1 is 0.895 bits per heavy atom. The molecule has 0 aliphatic carbocycles. The summed E-state index contributed by atoms with van der Waals surface area (Å²) in [5, 5.41) is 11.2. The van der Waals surface area contributed by atoms with Crippen molar-refractivity contribution in [1.29, 1.82) is 0 Å². The van der Waals surface area contributed by atoms with Crippen molar-refractivity contribution < 1.29 is 9.59 Å². The third-order valence-corrected chi connectivity index (χ3v) is 6.75. The van der Waals surface area contributed by atoms with Crippen LogP contribution in [0.3, 0.4) is 0 Å². The van der Waals surface area contributed by atoms with Gasteiger partial charge in [0.1, 0.15) is 12.4 Å². The second-order valence-electron chi connectivity index (χ2n) is 9.17. The molecule has 3 aromatic carbocycles. The van der Waals surface area contributed by atoms with E-state index in [-0.39, 0.29) is 18.5 Å². The topological polar surface area (TPSA) is 79.3 Å². The van der Waals surface area contributed by atoms with Crippen LogP contribution < -0.4 is 10.6 Å². The number of urea groups is 1. The van der Waals surface area contributed by atoms with Gasteiger partial charge in [-0.3, -0.25) is 4.79 Å². The molecular weight excluding hydrogens is 521 g/mol. The number of aryl methyl sites for hydroxylation is 2. The van der Waals surface area contributed by atoms with E-state index in [0.29, 0.717) is 21.6 Å². The first kappa shape index (κ1) is 27.2. The van der Waals surface area contributed by atoms with Gasteiger partial charge < -0.3 is 15.5 Å². The standard InChI is InChI=1S/C29H29Cl2N5O2/c1-18(2)35(29(38)33-27-22(30)14-10-15-23(27)31)17-25(37)32-28-26(21-12-6-5-7-13-21)20(4)34-36(28)24-16-9-8-11-19(24)3/h5-16,18H,17H2,1-4H3,(H,32,37)(H,33,38). The van der Waals surface area contributed by atoms with Crippen LogP contribution in [-0.2, 0) is 4.79 Å². The number of nitrogens with one attached hydrogen (secondary N) is 2. The molecule has 0 unspecified atom stereocenters. The van der Waals surface area contributed by atoms with Gasteiger partial charge in [0.15, 0.2) is 0 Å². The number of hydrogen-bond acceptors (Lipinski definition) is 3. The minimum atomic E-state index is -0.489. The number of para-hydroxylation sites is 2. The summed E-state index contributed by atoms with van der Waals surface area (Å²) in [7, 11) is 0. The average molecular weight is 550 g/mol. The zero-order chi connectivity index (χ0) is 27.4. The van der Waals surface area contributed by atoms with Crippen LogP contribution in [0.5, 0.6) is 0 Å². The van der Waals surface area contributed by atoms with Crippen LogP contribution in [0.15, 0.2) is 72.8 Å². The molecule has 1 heterocycles. The lowest BCUT2D eigenvalue weighted by Crippen LogP contribution is -2.44. The number of carbonyl (C=O) groups is 2. The second kappa shape index (κ2) is 11.7. The van der Waals surface area contributed by atoms with Crippen LogP contribution in [0.25, 0.3) is 16.8 Å². The number of benzene rings is 3. The number of hydrogen-bond donors (Lipinski definition) is 2. The van der Waals surface area contributed by atoms with Gasteiger partial charge in [-0.1, -0.05) is 77.8 Å². The van der Waals surface area contributed by atoms with Crippen LogP contribution in [0.4, 0.5) is 16.3 Å². The fourth-order valence-electron chi connectivity index (χ4n) is 4.18. The summed E-state index contributed by atoms with van der Waals surface area (Å²) in [4.78, 5) is 28.0. The molecular formula is C29H29Cl2N5O2. The van der Waals surface area contributed by atoms with E-state index in [4.69, 9.17) is 28.3 Å². The molecule has 4 aromatic rings. The fraction of sp³-hybridized carbons (Fsp3) is 0.207. The van der Waals surface area contributed by atoms with E-state index >= 15 is 0 Å². The highest BCUT2D eigenvalue weighted by Crippen LogP contribution is 2.34. The predicted octanol–water partition coefficient (Wildman–Crippen LogP) is 7.34. The number of aromatic nitrogens is 2. The fourth-order valence-corrected chi connectivity index (χ4v) is 4.67. The summed E-state index contributed by atoms with van der Waals surface area (Å²) < 4.78 is 1.74. The zero-order valence-electron chi connectivity index (χ0n) is 21.6. The van der Waals surface area contributed by atoms with Crippen LogP contribution >= 0.6 is 23.2 Å². The van der Waals surface area contributed by atoms with Crippen LogP contribution in [0.2, 0.25) is 10.0 Å². The maximum absolute atomic E-state index is 13.5. The van der Waals surface area contributed by atoms with Crippen molar-refractivity contribution in [2.24, 2.45) is 0 Å². The SMILES string of the molecule is Cc1ccccc1-n1nc(C)c(-c2ccccc2)c1NC(=O)CN(C(=O)Nc1c(Cl)cccc1Cl)C(C)C. The Hall–Kier alpha value is -3.81. The number of halogens is 2. The van der Waals surface area contributed by atoms with Crippen LogP contribution in [0, 0.1) is 13.8 Å². The van der Waals surface area contributed by atoms with Gasteiger partial charge in [-0.2, -0.15) is 5.10 Å². The van der Waals surface area contributed by atoms with Crippen LogP contribution in [-0.4, -0.2) is 39.2 Å². The molecule has 2 N–H and O–H groups in total. The summed E-state index contributed by atoms with van der Waals surface area (Å²) in [6, 6.07) is 21.8. The maximum atomic E-state index is 13.5. The summed E-state index contributed by atoms with van der Waals surface area (Å²) in [5.41, 5.74) is 4.65. The van der Waals surface area contributed by atoms with Crippen molar-refractivity contribution in [2.45, 2.75) is 33.7 Å². The molecule has 0 atom stereocenters. The van der Waals surface area contributed by atoms with Gasteiger partial charge >= 0.3 is 6.03 Å². The molecule has 0 fully saturated rings. The first-order chi connectivity index (χ1) is 18.2. The normalized spacial score (nSPS) is 10.9. The van der Waals surface area contributed by atoms with Crippen molar-refractivity contribution in [3.8, 4) is 16.8 Å². The number of rotatable bonds is 7. The summed E-state index contributed by atoms with van der Waals surface area (Å²) in [6.07, 6.45) is 0. The molecule has 0 bridgehead atoms. The summed E-state index contributed by atoms with van der Waals surface area (Å²) >= 11 is 12.5. The van der Waals surface area contributed by atoms with E-state index in [1.807, 2.05) is 82.3 Å². The molecule has 0 saturated heterocycles. The molecule has 9 heteroatoms. The Labute approximate surface area is 232 Å². The number of carbonyl (C=O) groups excluding carboxylic acids is 2. The molecule has 0 radical (unpaired) electrons. The van der Waals surface area contributed by atoms with Gasteiger partial charge in [-0.15, -0.1) is 0 Å². The molecule has 7 nitrogen and oxygen atoms in total. The van der Waals surface area contributed by atoms with Gasteiger partial charge in [0, 0.05) is 11.6 Å².